The van der Waals surface area contributed by atoms with Gasteiger partial charge in [-0.15, -0.1) is 0 Å². The average molecular weight is 353 g/mol. The Morgan fingerprint density at radius 2 is 2.23 bits per heavy atom. The summed E-state index contributed by atoms with van der Waals surface area (Å²) in [6, 6.07) is 5.30. The van der Waals surface area contributed by atoms with Gasteiger partial charge in [0.05, 0.1) is 19.0 Å². The van der Waals surface area contributed by atoms with Gasteiger partial charge in [-0.1, -0.05) is 0 Å². The molecule has 0 bridgehead atoms. The molecule has 1 aliphatic heterocycles. The SMILES string of the molecule is COc1cc2c(cc1NC(=O)c1cnn3ccc(N)nc13)CC(C)(C)O2. The lowest BCUT2D eigenvalue weighted by Gasteiger charge is -2.17. The van der Waals surface area contributed by atoms with E-state index in [0.717, 1.165) is 17.7 Å². The van der Waals surface area contributed by atoms with Gasteiger partial charge in [0, 0.05) is 24.2 Å². The van der Waals surface area contributed by atoms with Gasteiger partial charge in [-0.3, -0.25) is 4.79 Å². The minimum absolute atomic E-state index is 0.278. The van der Waals surface area contributed by atoms with Crippen LogP contribution in [0.15, 0.2) is 30.6 Å². The number of fused-ring (bicyclic) bond motifs is 2. The normalized spacial score (nSPS) is 14.7. The third-order valence-corrected chi connectivity index (χ3v) is 4.27. The van der Waals surface area contributed by atoms with Crippen molar-refractivity contribution in [1.29, 1.82) is 0 Å². The van der Waals surface area contributed by atoms with Gasteiger partial charge >= 0.3 is 0 Å². The Kier molecular flexibility index (Phi) is 3.50. The monoisotopic (exact) mass is 353 g/mol. The van der Waals surface area contributed by atoms with Crippen molar-refractivity contribution in [1.82, 2.24) is 14.6 Å². The lowest BCUT2D eigenvalue weighted by Crippen LogP contribution is -2.24. The van der Waals surface area contributed by atoms with Gasteiger partial charge in [-0.25, -0.2) is 9.50 Å². The zero-order valence-corrected chi connectivity index (χ0v) is 14.7. The van der Waals surface area contributed by atoms with Crippen molar-refractivity contribution in [2.75, 3.05) is 18.2 Å². The molecule has 0 aliphatic carbocycles. The summed E-state index contributed by atoms with van der Waals surface area (Å²) < 4.78 is 12.8. The molecule has 0 spiro atoms. The first-order chi connectivity index (χ1) is 12.4. The second-order valence-corrected chi connectivity index (χ2v) is 6.83. The number of nitrogens with one attached hydrogen (secondary N) is 1. The summed E-state index contributed by atoms with van der Waals surface area (Å²) in [4.78, 5) is 16.9. The highest BCUT2D eigenvalue weighted by Gasteiger charge is 2.31. The van der Waals surface area contributed by atoms with Gasteiger partial charge in [0.25, 0.3) is 5.91 Å². The first-order valence-electron chi connectivity index (χ1n) is 8.17. The number of nitrogens with zero attached hydrogens (tertiary/aromatic N) is 3. The summed E-state index contributed by atoms with van der Waals surface area (Å²) in [5.74, 6) is 1.28. The van der Waals surface area contributed by atoms with Crippen LogP contribution in [-0.4, -0.2) is 33.2 Å². The number of hydrogen-bond donors (Lipinski definition) is 2. The topological polar surface area (TPSA) is 104 Å². The van der Waals surface area contributed by atoms with Crippen LogP contribution in [0.1, 0.15) is 29.8 Å². The number of nitrogens with two attached hydrogens (primary N) is 1. The van der Waals surface area contributed by atoms with Crippen molar-refractivity contribution in [3.63, 3.8) is 0 Å². The van der Waals surface area contributed by atoms with E-state index in [0.29, 0.717) is 28.5 Å². The highest BCUT2D eigenvalue weighted by atomic mass is 16.5. The Balaban J connectivity index is 1.68. The van der Waals surface area contributed by atoms with Crippen LogP contribution in [0, 0.1) is 0 Å². The summed E-state index contributed by atoms with van der Waals surface area (Å²) in [6.45, 7) is 4.04. The number of nitrogen functional groups attached to an aromatic ring is 1. The maximum absolute atomic E-state index is 12.8. The third-order valence-electron chi connectivity index (χ3n) is 4.27. The largest absolute Gasteiger partial charge is 0.494 e. The number of anilines is 2. The van der Waals surface area contributed by atoms with Gasteiger partial charge in [-0.05, 0) is 26.0 Å². The van der Waals surface area contributed by atoms with Crippen LogP contribution >= 0.6 is 0 Å². The summed E-state index contributed by atoms with van der Waals surface area (Å²) in [7, 11) is 1.55. The molecule has 0 radical (unpaired) electrons. The molecule has 1 aromatic carbocycles. The van der Waals surface area contributed by atoms with Crippen LogP contribution in [0.2, 0.25) is 0 Å². The number of benzene rings is 1. The van der Waals surface area contributed by atoms with Crippen LogP contribution in [0.25, 0.3) is 5.65 Å². The molecule has 8 heteroatoms. The zero-order chi connectivity index (χ0) is 18.5. The summed E-state index contributed by atoms with van der Waals surface area (Å²) in [6.07, 6.45) is 3.87. The number of carbonyl (C=O) groups is 1. The van der Waals surface area contributed by atoms with E-state index in [-0.39, 0.29) is 11.5 Å². The van der Waals surface area contributed by atoms with Gasteiger partial charge in [0.1, 0.15) is 28.5 Å². The van der Waals surface area contributed by atoms with Crippen LogP contribution < -0.4 is 20.5 Å². The number of ether oxygens (including phenoxy) is 2. The Hall–Kier alpha value is -3.29. The summed E-state index contributed by atoms with van der Waals surface area (Å²) in [5, 5.41) is 7.01. The van der Waals surface area contributed by atoms with E-state index in [9.17, 15) is 4.79 Å². The molecule has 0 saturated heterocycles. The standard InChI is InChI=1S/C18H19N5O3/c1-18(2)8-10-6-12(14(25-3)7-13(10)26-18)21-17(24)11-9-20-23-5-4-15(19)22-16(11)23/h4-7,9H,8H2,1-3H3,(H2,19,22)(H,21,24). The third kappa shape index (κ3) is 2.69. The molecule has 4 rings (SSSR count). The van der Waals surface area contributed by atoms with Crippen molar-refractivity contribution in [3.8, 4) is 11.5 Å². The van der Waals surface area contributed by atoms with Crippen LogP contribution in [0.5, 0.6) is 11.5 Å². The molecular formula is C18H19N5O3. The van der Waals surface area contributed by atoms with Crippen molar-refractivity contribution < 1.29 is 14.3 Å². The molecule has 1 aliphatic rings. The van der Waals surface area contributed by atoms with E-state index in [1.54, 1.807) is 25.4 Å². The zero-order valence-electron chi connectivity index (χ0n) is 14.7. The molecule has 1 amide bonds. The van der Waals surface area contributed by atoms with Crippen molar-refractivity contribution in [2.45, 2.75) is 25.9 Å². The highest BCUT2D eigenvalue weighted by molar-refractivity contribution is 6.08. The number of hydrogen-bond acceptors (Lipinski definition) is 6. The molecule has 0 atom stereocenters. The Labute approximate surface area is 149 Å². The van der Waals surface area contributed by atoms with Gasteiger partial charge in [-0.2, -0.15) is 5.10 Å². The van der Waals surface area contributed by atoms with E-state index in [2.05, 4.69) is 15.4 Å². The van der Waals surface area contributed by atoms with Crippen LogP contribution in [0.3, 0.4) is 0 Å². The molecule has 3 heterocycles. The van der Waals surface area contributed by atoms with E-state index in [4.69, 9.17) is 15.2 Å². The van der Waals surface area contributed by atoms with Gasteiger partial charge in [0.15, 0.2) is 5.65 Å². The van der Waals surface area contributed by atoms with Crippen molar-refractivity contribution in [2.24, 2.45) is 0 Å². The molecular weight excluding hydrogens is 334 g/mol. The fourth-order valence-corrected chi connectivity index (χ4v) is 3.13. The van der Waals surface area contributed by atoms with Crippen molar-refractivity contribution in [3.05, 3.63) is 41.7 Å². The maximum Gasteiger partial charge on any atom is 0.261 e. The highest BCUT2D eigenvalue weighted by Crippen LogP contribution is 2.41. The van der Waals surface area contributed by atoms with E-state index < -0.39 is 0 Å². The molecule has 3 aromatic rings. The van der Waals surface area contributed by atoms with E-state index >= 15 is 0 Å². The average Bonchev–Trinajstić information content (AvgIpc) is 3.12. The first kappa shape index (κ1) is 16.2. The second-order valence-electron chi connectivity index (χ2n) is 6.83. The van der Waals surface area contributed by atoms with Crippen LogP contribution in [0.4, 0.5) is 11.5 Å². The van der Waals surface area contributed by atoms with E-state index in [1.807, 2.05) is 19.9 Å². The van der Waals surface area contributed by atoms with Crippen molar-refractivity contribution >= 4 is 23.1 Å². The number of methoxy groups -OCH3 is 1. The second kappa shape index (κ2) is 5.62. The molecule has 0 unspecified atom stereocenters. The minimum Gasteiger partial charge on any atom is -0.494 e. The quantitative estimate of drug-likeness (QED) is 0.749. The lowest BCUT2D eigenvalue weighted by atomic mass is 10.0. The molecule has 8 nitrogen and oxygen atoms in total. The smallest absolute Gasteiger partial charge is 0.261 e. The van der Waals surface area contributed by atoms with Crippen LogP contribution in [-0.2, 0) is 6.42 Å². The fraction of sp³-hybridized carbons (Fsp3) is 0.278. The maximum atomic E-state index is 12.8. The Morgan fingerprint density at radius 3 is 3.00 bits per heavy atom. The number of amides is 1. The van der Waals surface area contributed by atoms with E-state index in [1.165, 1.54) is 10.7 Å². The first-order valence-corrected chi connectivity index (χ1v) is 8.17. The Bertz CT molecular complexity index is 1030. The Morgan fingerprint density at radius 1 is 1.42 bits per heavy atom. The molecule has 26 heavy (non-hydrogen) atoms. The fourth-order valence-electron chi connectivity index (χ4n) is 3.13. The molecule has 0 saturated carbocycles. The minimum atomic E-state index is -0.338. The molecule has 2 aromatic heterocycles. The van der Waals surface area contributed by atoms with Gasteiger partial charge < -0.3 is 20.5 Å². The number of carbonyl (C=O) groups excluding carboxylic acids is 1. The predicted octanol–water partition coefficient (Wildman–Crippen LogP) is 2.29. The number of rotatable bonds is 3. The predicted molar refractivity (Wildman–Crippen MR) is 96.8 cm³/mol. The number of aromatic nitrogens is 3. The molecule has 134 valence electrons. The van der Waals surface area contributed by atoms with Gasteiger partial charge in [0.2, 0.25) is 0 Å². The summed E-state index contributed by atoms with van der Waals surface area (Å²) >= 11 is 0. The lowest BCUT2D eigenvalue weighted by molar-refractivity contribution is 0.102. The molecule has 0 fully saturated rings. The summed E-state index contributed by atoms with van der Waals surface area (Å²) in [5.41, 5.74) is 7.76. The molecule has 3 N–H and O–H groups in total.